The summed E-state index contributed by atoms with van der Waals surface area (Å²) in [6.45, 7) is 3.10. The van der Waals surface area contributed by atoms with E-state index < -0.39 is 0 Å². The van der Waals surface area contributed by atoms with Crippen molar-refractivity contribution >= 4 is 5.91 Å². The van der Waals surface area contributed by atoms with Gasteiger partial charge in [0.1, 0.15) is 5.69 Å². The van der Waals surface area contributed by atoms with Crippen LogP contribution in [-0.4, -0.2) is 41.5 Å². The Morgan fingerprint density at radius 2 is 1.50 bits per heavy atom. The van der Waals surface area contributed by atoms with Crippen molar-refractivity contribution in [2.45, 2.75) is 31.2 Å². The lowest BCUT2D eigenvalue weighted by atomic mass is 9.88. The number of hydrogen-bond donors (Lipinski definition) is 1. The molecule has 154 valence electrons. The summed E-state index contributed by atoms with van der Waals surface area (Å²) in [4.78, 5) is 19.0. The molecule has 0 atom stereocenters. The van der Waals surface area contributed by atoms with Gasteiger partial charge in [-0.2, -0.15) is 0 Å². The third kappa shape index (κ3) is 5.33. The van der Waals surface area contributed by atoms with E-state index in [1.54, 1.807) is 12.3 Å². The van der Waals surface area contributed by atoms with Crippen LogP contribution >= 0.6 is 0 Å². The minimum absolute atomic E-state index is 0.0673. The van der Waals surface area contributed by atoms with Gasteiger partial charge in [-0.25, -0.2) is 0 Å². The first-order chi connectivity index (χ1) is 14.8. The van der Waals surface area contributed by atoms with E-state index in [2.05, 4.69) is 75.9 Å². The van der Waals surface area contributed by atoms with Crippen molar-refractivity contribution in [3.05, 3.63) is 102 Å². The molecule has 2 heterocycles. The van der Waals surface area contributed by atoms with Gasteiger partial charge in [0.25, 0.3) is 5.91 Å². The predicted octanol–water partition coefficient (Wildman–Crippen LogP) is 4.50. The van der Waals surface area contributed by atoms with E-state index in [1.165, 1.54) is 11.1 Å². The summed E-state index contributed by atoms with van der Waals surface area (Å²) >= 11 is 0. The first kappa shape index (κ1) is 20.3. The normalized spacial score (nSPS) is 15.2. The van der Waals surface area contributed by atoms with Gasteiger partial charge >= 0.3 is 0 Å². The van der Waals surface area contributed by atoms with Crippen molar-refractivity contribution in [1.29, 1.82) is 0 Å². The zero-order valence-corrected chi connectivity index (χ0v) is 17.3. The third-order valence-electron chi connectivity index (χ3n) is 5.96. The number of pyridine rings is 1. The van der Waals surface area contributed by atoms with Gasteiger partial charge in [0.15, 0.2) is 0 Å². The van der Waals surface area contributed by atoms with E-state index in [-0.39, 0.29) is 11.9 Å². The highest BCUT2D eigenvalue weighted by atomic mass is 16.1. The highest BCUT2D eigenvalue weighted by Crippen LogP contribution is 2.28. The molecule has 1 saturated heterocycles. The lowest BCUT2D eigenvalue weighted by molar-refractivity contribution is 0.0905. The highest BCUT2D eigenvalue weighted by molar-refractivity contribution is 5.92. The van der Waals surface area contributed by atoms with Crippen molar-refractivity contribution in [1.82, 2.24) is 15.2 Å². The number of aromatic nitrogens is 1. The van der Waals surface area contributed by atoms with E-state index >= 15 is 0 Å². The Kier molecular flexibility index (Phi) is 6.88. The lowest BCUT2D eigenvalue weighted by Crippen LogP contribution is -2.45. The molecule has 0 unspecified atom stereocenters. The van der Waals surface area contributed by atoms with Crippen molar-refractivity contribution in [3.63, 3.8) is 0 Å². The Hall–Kier alpha value is -2.98. The molecule has 0 radical (unpaired) electrons. The van der Waals surface area contributed by atoms with Crippen molar-refractivity contribution in [2.24, 2.45) is 0 Å². The largest absolute Gasteiger partial charge is 0.348 e. The summed E-state index contributed by atoms with van der Waals surface area (Å²) in [6.07, 6.45) is 4.73. The van der Waals surface area contributed by atoms with Gasteiger partial charge in [0, 0.05) is 31.2 Å². The molecule has 1 aromatic heterocycles. The van der Waals surface area contributed by atoms with Gasteiger partial charge in [-0.15, -0.1) is 0 Å². The molecule has 0 spiro atoms. The van der Waals surface area contributed by atoms with Gasteiger partial charge in [-0.1, -0.05) is 66.7 Å². The maximum absolute atomic E-state index is 12.3. The Morgan fingerprint density at radius 1 is 0.900 bits per heavy atom. The predicted molar refractivity (Wildman–Crippen MR) is 121 cm³/mol. The Morgan fingerprint density at radius 3 is 2.07 bits per heavy atom. The van der Waals surface area contributed by atoms with E-state index in [4.69, 9.17) is 0 Å². The van der Waals surface area contributed by atoms with E-state index in [1.807, 2.05) is 12.1 Å². The molecule has 4 heteroatoms. The maximum Gasteiger partial charge on any atom is 0.270 e. The Labute approximate surface area is 179 Å². The molecule has 30 heavy (non-hydrogen) atoms. The summed E-state index contributed by atoms with van der Waals surface area (Å²) < 4.78 is 0. The molecule has 4 rings (SSSR count). The van der Waals surface area contributed by atoms with Crippen molar-refractivity contribution in [3.8, 4) is 0 Å². The topological polar surface area (TPSA) is 45.2 Å². The summed E-state index contributed by atoms with van der Waals surface area (Å²) in [5, 5.41) is 3.14. The fraction of sp³-hybridized carbons (Fsp3) is 0.308. The summed E-state index contributed by atoms with van der Waals surface area (Å²) in [6, 6.07) is 27.3. The quantitative estimate of drug-likeness (QED) is 0.636. The number of amides is 1. The van der Waals surface area contributed by atoms with Crippen LogP contribution in [0.15, 0.2) is 85.1 Å². The fourth-order valence-electron chi connectivity index (χ4n) is 4.27. The molecule has 1 amide bonds. The van der Waals surface area contributed by atoms with Crippen molar-refractivity contribution < 1.29 is 4.79 Å². The number of nitrogens with one attached hydrogen (secondary N) is 1. The first-order valence-corrected chi connectivity index (χ1v) is 10.8. The highest BCUT2D eigenvalue weighted by Gasteiger charge is 2.23. The van der Waals surface area contributed by atoms with Crippen LogP contribution in [0.3, 0.4) is 0 Å². The van der Waals surface area contributed by atoms with Crippen LogP contribution in [0.1, 0.15) is 46.8 Å². The van der Waals surface area contributed by atoms with Gasteiger partial charge < -0.3 is 10.2 Å². The number of piperidine rings is 1. The molecular formula is C26H29N3O. The zero-order chi connectivity index (χ0) is 20.6. The molecule has 1 aliphatic heterocycles. The molecule has 4 nitrogen and oxygen atoms in total. The number of carbonyl (C=O) groups is 1. The van der Waals surface area contributed by atoms with Crippen LogP contribution < -0.4 is 5.32 Å². The second-order valence-electron chi connectivity index (χ2n) is 7.97. The average Bonchev–Trinajstić information content (AvgIpc) is 2.82. The molecule has 0 saturated carbocycles. The number of rotatable bonds is 7. The smallest absolute Gasteiger partial charge is 0.270 e. The Bertz CT molecular complexity index is 867. The van der Waals surface area contributed by atoms with Crippen LogP contribution in [0, 0.1) is 0 Å². The number of hydrogen-bond acceptors (Lipinski definition) is 3. The summed E-state index contributed by atoms with van der Waals surface area (Å²) in [5.74, 6) is 0.344. The SMILES string of the molecule is O=C(NC1CCN(CCC(c2ccccc2)c2ccccc2)CC1)c1ccccn1. The van der Waals surface area contributed by atoms with Gasteiger partial charge in [0.2, 0.25) is 0 Å². The molecule has 1 aliphatic rings. The fourth-order valence-corrected chi connectivity index (χ4v) is 4.27. The minimum Gasteiger partial charge on any atom is -0.348 e. The number of likely N-dealkylation sites (tertiary alicyclic amines) is 1. The zero-order valence-electron chi connectivity index (χ0n) is 17.3. The van der Waals surface area contributed by atoms with Crippen LogP contribution in [0.25, 0.3) is 0 Å². The van der Waals surface area contributed by atoms with E-state index in [0.717, 1.165) is 38.9 Å². The standard InChI is InChI=1S/C26H29N3O/c30-26(25-13-7-8-17-27-25)28-23-14-18-29(19-15-23)20-16-24(21-9-3-1-4-10-21)22-11-5-2-6-12-22/h1-13,17,23-24H,14-16,18-20H2,(H,28,30). The molecule has 2 aromatic carbocycles. The molecule has 0 aliphatic carbocycles. The lowest BCUT2D eigenvalue weighted by Gasteiger charge is -2.33. The average molecular weight is 400 g/mol. The van der Waals surface area contributed by atoms with Crippen LogP contribution in [0.4, 0.5) is 0 Å². The molecular weight excluding hydrogens is 370 g/mol. The van der Waals surface area contributed by atoms with Gasteiger partial charge in [-0.3, -0.25) is 9.78 Å². The Balaban J connectivity index is 1.30. The molecule has 3 aromatic rings. The van der Waals surface area contributed by atoms with E-state index in [0.29, 0.717) is 11.6 Å². The first-order valence-electron chi connectivity index (χ1n) is 10.8. The second kappa shape index (κ2) is 10.2. The van der Waals surface area contributed by atoms with Crippen LogP contribution in [-0.2, 0) is 0 Å². The van der Waals surface area contributed by atoms with Gasteiger partial charge in [-0.05, 0) is 49.1 Å². The number of carbonyl (C=O) groups excluding carboxylic acids is 1. The summed E-state index contributed by atoms with van der Waals surface area (Å²) in [5.41, 5.74) is 3.25. The third-order valence-corrected chi connectivity index (χ3v) is 5.96. The molecule has 1 N–H and O–H groups in total. The monoisotopic (exact) mass is 399 g/mol. The van der Waals surface area contributed by atoms with E-state index in [9.17, 15) is 4.79 Å². The maximum atomic E-state index is 12.3. The van der Waals surface area contributed by atoms with Gasteiger partial charge in [0.05, 0.1) is 0 Å². The van der Waals surface area contributed by atoms with Crippen molar-refractivity contribution in [2.75, 3.05) is 19.6 Å². The molecule has 0 bridgehead atoms. The van der Waals surface area contributed by atoms with Crippen LogP contribution in [0.5, 0.6) is 0 Å². The van der Waals surface area contributed by atoms with Crippen LogP contribution in [0.2, 0.25) is 0 Å². The number of nitrogens with zero attached hydrogens (tertiary/aromatic N) is 2. The minimum atomic E-state index is -0.0673. The molecule has 1 fully saturated rings. The summed E-state index contributed by atoms with van der Waals surface area (Å²) in [7, 11) is 0. The second-order valence-corrected chi connectivity index (χ2v) is 7.97. The number of benzene rings is 2.